The van der Waals surface area contributed by atoms with E-state index in [1.165, 1.54) is 65.2 Å². The van der Waals surface area contributed by atoms with Gasteiger partial charge in [0.25, 0.3) is 23.3 Å². The summed E-state index contributed by atoms with van der Waals surface area (Å²) < 4.78 is 23.6. The Morgan fingerprint density at radius 2 is 1.62 bits per heavy atom. The van der Waals surface area contributed by atoms with Gasteiger partial charge in [-0.15, -0.1) is 0 Å². The number of carbonyl (C=O) groups is 4. The number of carbonyl (C=O) groups excluding carboxylic acids is 4. The van der Waals surface area contributed by atoms with Crippen molar-refractivity contribution < 1.29 is 68.6 Å². The summed E-state index contributed by atoms with van der Waals surface area (Å²) in [7, 11) is 1.41. The zero-order valence-electron chi connectivity index (χ0n) is 41.0. The maximum atomic E-state index is 14.5. The average Bonchev–Trinajstić information content (AvgIpc) is 3.60. The number of nitro groups is 1. The van der Waals surface area contributed by atoms with Crippen molar-refractivity contribution in [1.29, 1.82) is 0 Å². The number of methoxy groups -OCH3 is 1. The summed E-state index contributed by atoms with van der Waals surface area (Å²) in [6.07, 6.45) is 4.07. The van der Waals surface area contributed by atoms with Crippen molar-refractivity contribution in [1.82, 2.24) is 10.3 Å². The highest BCUT2D eigenvalue weighted by Crippen LogP contribution is 2.55. The predicted molar refractivity (Wildman–Crippen MR) is 261 cm³/mol. The van der Waals surface area contributed by atoms with E-state index >= 15 is 0 Å². The summed E-state index contributed by atoms with van der Waals surface area (Å²) in [4.78, 5) is 68.6. The lowest BCUT2D eigenvalue weighted by atomic mass is 9.78. The van der Waals surface area contributed by atoms with Crippen molar-refractivity contribution >= 4 is 57.6 Å². The number of allylic oxidation sites excluding steroid dienone is 2. The Bertz CT molecular complexity index is 2680. The Kier molecular flexibility index (Phi) is 16.5. The van der Waals surface area contributed by atoms with E-state index in [0.29, 0.717) is 26.2 Å². The number of benzene rings is 3. The number of amides is 2. The van der Waals surface area contributed by atoms with Crippen LogP contribution in [-0.2, 0) is 28.6 Å². The fourth-order valence-electron chi connectivity index (χ4n) is 9.23. The van der Waals surface area contributed by atoms with Gasteiger partial charge in [0.1, 0.15) is 23.4 Å². The van der Waals surface area contributed by atoms with Gasteiger partial charge in [0.05, 0.1) is 64.5 Å². The zero-order valence-corrected chi connectivity index (χ0v) is 41.0. The van der Waals surface area contributed by atoms with Crippen LogP contribution in [0.5, 0.6) is 23.0 Å². The Hall–Kier alpha value is -7.07. The third-order valence-electron chi connectivity index (χ3n) is 13.6. The fourth-order valence-corrected chi connectivity index (χ4v) is 9.23. The number of rotatable bonds is 8. The number of nitro benzene ring substituents is 1. The number of fused-ring (bicyclic) bond motifs is 14. The van der Waals surface area contributed by atoms with Crippen molar-refractivity contribution in [3.05, 3.63) is 87.2 Å². The van der Waals surface area contributed by atoms with E-state index in [1.54, 1.807) is 45.9 Å². The Morgan fingerprint density at radius 3 is 2.24 bits per heavy atom. The highest BCUT2D eigenvalue weighted by atomic mass is 16.7. The fraction of sp³-hybridized carbons (Fsp3) is 0.460. The largest absolute Gasteiger partial charge is 0.507 e. The van der Waals surface area contributed by atoms with E-state index in [2.05, 4.69) is 15.8 Å². The molecular formula is C50H62N6O15. The molecule has 21 heteroatoms. The van der Waals surface area contributed by atoms with Crippen LogP contribution >= 0.6 is 0 Å². The van der Waals surface area contributed by atoms with Crippen LogP contribution in [0.25, 0.3) is 10.8 Å². The first-order chi connectivity index (χ1) is 33.5. The smallest absolute Gasteiger partial charge is 0.312 e. The molecule has 0 aromatic heterocycles. The number of phenols is 3. The summed E-state index contributed by atoms with van der Waals surface area (Å²) in [5.74, 6) is -9.94. The van der Waals surface area contributed by atoms with Crippen molar-refractivity contribution in [2.45, 2.75) is 85.6 Å². The molecule has 5 bridgehead atoms. The van der Waals surface area contributed by atoms with Gasteiger partial charge >= 0.3 is 11.8 Å². The highest BCUT2D eigenvalue weighted by Gasteiger charge is 2.50. The number of piperazine rings is 1. The van der Waals surface area contributed by atoms with Crippen LogP contribution in [0, 0.1) is 40.7 Å². The first kappa shape index (κ1) is 53.3. The number of aromatic hydroxyl groups is 3. The van der Waals surface area contributed by atoms with Gasteiger partial charge in [0, 0.05) is 105 Å². The highest BCUT2D eigenvalue weighted by molar-refractivity contribution is 6.24. The number of hydrogen-bond acceptors (Lipinski definition) is 18. The molecule has 2 amide bonds. The maximum absolute atomic E-state index is 14.5. The number of non-ortho nitro benzene ring substituents is 1. The lowest BCUT2D eigenvalue weighted by Crippen LogP contribution is -2.49. The minimum atomic E-state index is -2.14. The van der Waals surface area contributed by atoms with Crippen LogP contribution in [0.3, 0.4) is 0 Å². The number of anilines is 2. The van der Waals surface area contributed by atoms with Crippen molar-refractivity contribution in [2.24, 2.45) is 28.8 Å². The number of esters is 1. The molecule has 21 nitrogen and oxygen atoms in total. The number of Topliss-reactive ketones (excluding diaryl/α,β-unsaturated/α-hetero) is 1. The molecular weight excluding hydrogens is 925 g/mol. The van der Waals surface area contributed by atoms with E-state index in [0.717, 1.165) is 18.2 Å². The average molecular weight is 987 g/mol. The molecule has 0 unspecified atom stereocenters. The number of ether oxygens (including phenoxy) is 4. The van der Waals surface area contributed by atoms with Gasteiger partial charge in [-0.05, 0) is 32.1 Å². The monoisotopic (exact) mass is 986 g/mol. The molecule has 7 N–H and O–H groups in total. The quantitative estimate of drug-likeness (QED) is 0.0393. The lowest BCUT2D eigenvalue weighted by Gasteiger charge is -2.38. The third-order valence-corrected chi connectivity index (χ3v) is 13.6. The molecule has 0 spiro atoms. The Morgan fingerprint density at radius 1 is 0.958 bits per heavy atom. The molecule has 4 aliphatic rings. The summed E-state index contributed by atoms with van der Waals surface area (Å²) in [6, 6.07) is 6.19. The molecule has 9 atom stereocenters. The van der Waals surface area contributed by atoms with Crippen LogP contribution < -0.4 is 20.4 Å². The van der Waals surface area contributed by atoms with Crippen molar-refractivity contribution in [2.75, 3.05) is 50.1 Å². The second-order valence-electron chi connectivity index (χ2n) is 18.4. The number of nitrogens with zero attached hydrogens (tertiary/aromatic N) is 4. The van der Waals surface area contributed by atoms with Gasteiger partial charge in [-0.3, -0.25) is 34.2 Å². The standard InChI is InChI=1S/C50H62N6O15/c1-25-11-10-12-26(2)49(65)52-40-34(23-51-53-36(58)24-54-18-20-55(21-19-54)32-13-15-33(16-14-32)56(66)67)44(62)37-38(45(40)63)43(61)30(6)47-39(37)48(64)50(8,71-47)69-22-17-35(68-9)27(3)46(70-31(7)57)29(5)42(60)28(4)41(25)59/h10-17,22-23,25,27-29,35,41-42,46,59-63H,18-21,24H2,1-9H3,(H,52,65)(H,53,58)/b11-10+,22-17+,26-12-,51-23?/t25-,27-,28-,29-,35+,41+,42-,46-,50+/m1/s1. The van der Waals surface area contributed by atoms with Gasteiger partial charge in [-0.2, -0.15) is 5.10 Å². The van der Waals surface area contributed by atoms with Crippen molar-refractivity contribution in [3.63, 3.8) is 0 Å². The minimum Gasteiger partial charge on any atom is -0.507 e. The van der Waals surface area contributed by atoms with Crippen LogP contribution in [0.15, 0.2) is 65.5 Å². The topological polar surface area (TPSA) is 292 Å². The second-order valence-corrected chi connectivity index (χ2v) is 18.4. The Balaban J connectivity index is 1.38. The molecule has 7 rings (SSSR count). The summed E-state index contributed by atoms with van der Waals surface area (Å²) in [5.41, 5.74) is 2.12. The molecule has 71 heavy (non-hydrogen) atoms. The molecule has 0 radical (unpaired) electrons. The molecule has 4 heterocycles. The number of ketones is 1. The minimum absolute atomic E-state index is 0.0238. The van der Waals surface area contributed by atoms with Crippen LogP contribution in [0.4, 0.5) is 17.1 Å². The number of nitrogens with one attached hydrogen (secondary N) is 2. The first-order valence-corrected chi connectivity index (χ1v) is 23.1. The molecule has 4 aliphatic heterocycles. The van der Waals surface area contributed by atoms with Crippen LogP contribution in [0.2, 0.25) is 0 Å². The Labute approximate surface area is 410 Å². The van der Waals surface area contributed by atoms with Gasteiger partial charge in [-0.1, -0.05) is 45.9 Å². The van der Waals surface area contributed by atoms with Gasteiger partial charge in [0.2, 0.25) is 0 Å². The van der Waals surface area contributed by atoms with Gasteiger partial charge in [0.15, 0.2) is 5.75 Å². The second kappa shape index (κ2) is 21.9. The lowest BCUT2D eigenvalue weighted by molar-refractivity contribution is -0.384. The van der Waals surface area contributed by atoms with E-state index in [9.17, 15) is 54.8 Å². The van der Waals surface area contributed by atoms with E-state index in [1.807, 2.05) is 9.80 Å². The molecule has 0 aliphatic carbocycles. The van der Waals surface area contributed by atoms with Gasteiger partial charge in [-0.25, -0.2) is 5.43 Å². The van der Waals surface area contributed by atoms with E-state index in [-0.39, 0.29) is 45.6 Å². The zero-order chi connectivity index (χ0) is 52.2. The summed E-state index contributed by atoms with van der Waals surface area (Å²) >= 11 is 0. The molecule has 1 fully saturated rings. The number of aliphatic hydroxyl groups excluding tert-OH is 2. The van der Waals surface area contributed by atoms with Gasteiger partial charge < -0.3 is 54.7 Å². The maximum Gasteiger partial charge on any atom is 0.312 e. The van der Waals surface area contributed by atoms with Crippen molar-refractivity contribution in [3.8, 4) is 23.0 Å². The normalized spacial score (nSPS) is 28.4. The van der Waals surface area contributed by atoms with Crippen LogP contribution in [-0.4, -0.2) is 135 Å². The van der Waals surface area contributed by atoms with E-state index < -0.39 is 111 Å². The van der Waals surface area contributed by atoms with E-state index in [4.69, 9.17) is 18.9 Å². The number of aliphatic hydroxyl groups is 2. The predicted octanol–water partition coefficient (Wildman–Crippen LogP) is 4.93. The molecule has 1 saturated heterocycles. The third kappa shape index (κ3) is 11.1. The number of hydrazone groups is 1. The summed E-state index contributed by atoms with van der Waals surface area (Å²) in [6.45, 7) is 14.1. The first-order valence-electron chi connectivity index (χ1n) is 23.1. The SMILES string of the molecule is CO[C@H]1/C=C/O[C@@]2(C)Oc3c(C)c(O)c4c(O)c(c(C=NNC(=O)CN5CCN(c6ccc([N+](=O)[O-])cc6)CC5)c(O)c4c3C2=O)NC(=O)/C(C)=C\C=C\[C@@H](C)[C@H](O)[C@@H](C)[C@@H](O)[C@@H](C)[C@H](OC(C)=O)[C@@H]1C. The molecule has 3 aromatic carbocycles. The number of phenolic OH excluding ortho intramolecular Hbond substituents is 3. The number of hydrogen-bond donors (Lipinski definition) is 7. The molecule has 0 saturated carbocycles. The molecule has 3 aromatic rings. The summed E-state index contributed by atoms with van der Waals surface area (Å²) in [5, 5.41) is 75.7. The van der Waals surface area contributed by atoms with Crippen LogP contribution in [0.1, 0.15) is 70.0 Å². The molecule has 382 valence electrons.